The molecule has 2 atom stereocenters. The van der Waals surface area contributed by atoms with Crippen LogP contribution in [0.5, 0.6) is 0 Å². The highest BCUT2D eigenvalue weighted by atomic mass is 28.4. The number of hydrogen-bond acceptors (Lipinski definition) is 4. The first-order valence-corrected chi connectivity index (χ1v) is 15.8. The van der Waals surface area contributed by atoms with Crippen molar-refractivity contribution in [1.29, 1.82) is 0 Å². The third kappa shape index (κ3) is 10.3. The van der Waals surface area contributed by atoms with Gasteiger partial charge in [-0.3, -0.25) is 9.59 Å². The maximum Gasteiger partial charge on any atom is 0.315 e. The van der Waals surface area contributed by atoms with Crippen molar-refractivity contribution in [3.05, 3.63) is 0 Å². The summed E-state index contributed by atoms with van der Waals surface area (Å²) in [5.41, 5.74) is 0. The minimum absolute atomic E-state index is 0.106. The fourth-order valence-corrected chi connectivity index (χ4v) is 4.46. The first-order chi connectivity index (χ1) is 10.6. The summed E-state index contributed by atoms with van der Waals surface area (Å²) in [4.78, 5) is 28.8. The van der Waals surface area contributed by atoms with Gasteiger partial charge in [0.05, 0.1) is 6.04 Å². The number of carbonyl (C=O) groups is 2. The van der Waals surface area contributed by atoms with Gasteiger partial charge in [0.15, 0.2) is 0 Å². The van der Waals surface area contributed by atoms with Gasteiger partial charge in [0.1, 0.15) is 14.3 Å². The van der Waals surface area contributed by atoms with Gasteiger partial charge in [0, 0.05) is 0 Å². The minimum Gasteiger partial charge on any atom is -0.518 e. The van der Waals surface area contributed by atoms with Crippen molar-refractivity contribution in [3.63, 3.8) is 0 Å². The molecule has 0 spiro atoms. The summed E-state index contributed by atoms with van der Waals surface area (Å²) in [6.07, 6.45) is 0.590. The lowest BCUT2D eigenvalue weighted by Gasteiger charge is -2.31. The van der Waals surface area contributed by atoms with E-state index in [0.29, 0.717) is 12.3 Å². The van der Waals surface area contributed by atoms with Crippen LogP contribution in [0.3, 0.4) is 0 Å². The molecule has 0 aromatic heterocycles. The fourth-order valence-electron chi connectivity index (χ4n) is 2.32. The molecule has 0 radical (unpaired) electrons. The van der Waals surface area contributed by atoms with Crippen molar-refractivity contribution in [1.82, 2.24) is 10.3 Å². The summed E-state index contributed by atoms with van der Waals surface area (Å²) in [6, 6.07) is -0.861. The lowest BCUT2D eigenvalue weighted by atomic mass is 10.0. The van der Waals surface area contributed by atoms with Crippen LogP contribution in [0, 0.1) is 11.8 Å². The predicted octanol–water partition coefficient (Wildman–Crippen LogP) is 3.34. The molecule has 0 heterocycles. The summed E-state index contributed by atoms with van der Waals surface area (Å²) >= 11 is 0. The zero-order valence-corrected chi connectivity index (χ0v) is 19.2. The van der Waals surface area contributed by atoms with Crippen LogP contribution in [-0.4, -0.2) is 40.5 Å². The van der Waals surface area contributed by atoms with Crippen molar-refractivity contribution in [3.8, 4) is 0 Å². The highest BCUT2D eigenvalue weighted by Gasteiger charge is 2.33. The summed E-state index contributed by atoms with van der Waals surface area (Å²) < 4.78 is 5.62. The predicted molar refractivity (Wildman–Crippen MR) is 106 cm³/mol. The molecular weight excluding hydrogens is 336 g/mol. The van der Waals surface area contributed by atoms with Gasteiger partial charge in [-0.25, -0.2) is 0 Å². The first-order valence-electron chi connectivity index (χ1n) is 8.93. The van der Waals surface area contributed by atoms with Crippen molar-refractivity contribution in [2.75, 3.05) is 0 Å². The monoisotopic (exact) mass is 374 g/mol. The maximum atomic E-state index is 12.8. The van der Waals surface area contributed by atoms with E-state index in [1.807, 2.05) is 47.3 Å². The molecule has 24 heavy (non-hydrogen) atoms. The van der Waals surface area contributed by atoms with E-state index in [2.05, 4.69) is 29.9 Å². The van der Waals surface area contributed by atoms with E-state index >= 15 is 0 Å². The Kier molecular flexibility index (Phi) is 8.89. The molecule has 0 aliphatic heterocycles. The molecule has 0 rings (SSSR count). The van der Waals surface area contributed by atoms with Crippen LogP contribution in [0.15, 0.2) is 0 Å². The molecule has 142 valence electrons. The molecule has 0 aromatic carbocycles. The Bertz CT molecular complexity index is 427. The van der Waals surface area contributed by atoms with Gasteiger partial charge < -0.3 is 14.7 Å². The maximum absolute atomic E-state index is 12.8. The molecule has 5 nitrogen and oxygen atoms in total. The standard InChI is InChI=1S/C17H38N2O3Si2/c1-12(2)11-14(17(21)22-24(8,9)10)18-16(20)15(13(3)4)19-23(5,6)7/h12-15,19H,11H2,1-10H3,(H,18,20). The quantitative estimate of drug-likeness (QED) is 0.607. The van der Waals surface area contributed by atoms with E-state index in [0.717, 1.165) is 0 Å². The number of carbonyl (C=O) groups excluding carboxylic acids is 2. The molecular formula is C17H38N2O3Si2. The van der Waals surface area contributed by atoms with Crippen LogP contribution >= 0.6 is 0 Å². The highest BCUT2D eigenvalue weighted by Crippen LogP contribution is 2.13. The summed E-state index contributed by atoms with van der Waals surface area (Å²) in [5.74, 6) is 0.0497. The van der Waals surface area contributed by atoms with Crippen LogP contribution in [0.2, 0.25) is 39.3 Å². The molecule has 2 N–H and O–H groups in total. The SMILES string of the molecule is CC(C)CC(NC(=O)C(N[Si](C)(C)C)C(C)C)C(=O)O[Si](C)(C)C. The van der Waals surface area contributed by atoms with Gasteiger partial charge in [-0.15, -0.1) is 0 Å². The second-order valence-electron chi connectivity index (χ2n) is 9.34. The Labute approximate surface area is 150 Å². The average Bonchev–Trinajstić information content (AvgIpc) is 2.30. The van der Waals surface area contributed by atoms with Crippen LogP contribution in [0.1, 0.15) is 34.1 Å². The van der Waals surface area contributed by atoms with Gasteiger partial charge in [0.25, 0.3) is 0 Å². The minimum atomic E-state index is -1.98. The van der Waals surface area contributed by atoms with Crippen LogP contribution < -0.4 is 10.3 Å². The third-order valence-electron chi connectivity index (χ3n) is 3.25. The normalized spacial score (nSPS) is 15.3. The first kappa shape index (κ1) is 23.3. The number of rotatable bonds is 9. The Balaban J connectivity index is 5.17. The lowest BCUT2D eigenvalue weighted by Crippen LogP contribution is -2.59. The van der Waals surface area contributed by atoms with Gasteiger partial charge in [-0.1, -0.05) is 47.3 Å². The van der Waals surface area contributed by atoms with Crippen molar-refractivity contribution in [2.24, 2.45) is 11.8 Å². The van der Waals surface area contributed by atoms with Gasteiger partial charge >= 0.3 is 5.97 Å². The molecule has 7 heteroatoms. The fraction of sp³-hybridized carbons (Fsp3) is 0.882. The highest BCUT2D eigenvalue weighted by molar-refractivity contribution is 6.73. The van der Waals surface area contributed by atoms with Gasteiger partial charge in [0.2, 0.25) is 14.2 Å². The van der Waals surface area contributed by atoms with Crippen LogP contribution in [-0.2, 0) is 14.0 Å². The Morgan fingerprint density at radius 2 is 1.46 bits per heavy atom. The van der Waals surface area contributed by atoms with E-state index in [4.69, 9.17) is 4.43 Å². The molecule has 0 saturated heterocycles. The molecule has 0 saturated carbocycles. The van der Waals surface area contributed by atoms with E-state index in [1.54, 1.807) is 0 Å². The van der Waals surface area contributed by atoms with Crippen molar-refractivity contribution >= 4 is 28.4 Å². The smallest absolute Gasteiger partial charge is 0.315 e. The zero-order chi connectivity index (χ0) is 19.3. The molecule has 2 unspecified atom stereocenters. The lowest BCUT2D eigenvalue weighted by molar-refractivity contribution is -0.141. The number of amides is 1. The average molecular weight is 375 g/mol. The van der Waals surface area contributed by atoms with E-state index in [9.17, 15) is 9.59 Å². The van der Waals surface area contributed by atoms with E-state index < -0.39 is 22.6 Å². The molecule has 0 bridgehead atoms. The molecule has 0 aliphatic rings. The van der Waals surface area contributed by atoms with Crippen molar-refractivity contribution < 1.29 is 14.0 Å². The molecule has 0 aliphatic carbocycles. The van der Waals surface area contributed by atoms with Crippen molar-refractivity contribution in [2.45, 2.75) is 85.5 Å². The molecule has 0 aromatic rings. The summed E-state index contributed by atoms with van der Waals surface area (Å²) in [5, 5.41) is 2.94. The zero-order valence-electron chi connectivity index (χ0n) is 17.2. The van der Waals surface area contributed by atoms with Gasteiger partial charge in [-0.2, -0.15) is 0 Å². The van der Waals surface area contributed by atoms with E-state index in [1.165, 1.54) is 0 Å². The number of nitrogens with one attached hydrogen (secondary N) is 2. The Morgan fingerprint density at radius 1 is 0.958 bits per heavy atom. The largest absolute Gasteiger partial charge is 0.518 e. The Morgan fingerprint density at radius 3 is 1.79 bits per heavy atom. The van der Waals surface area contributed by atoms with Crippen LogP contribution in [0.25, 0.3) is 0 Å². The van der Waals surface area contributed by atoms with Gasteiger partial charge in [-0.05, 0) is 37.9 Å². The summed E-state index contributed by atoms with van der Waals surface area (Å²) in [7, 11) is -3.60. The third-order valence-corrected chi connectivity index (χ3v) is 5.24. The second-order valence-corrected chi connectivity index (χ2v) is 18.6. The summed E-state index contributed by atoms with van der Waals surface area (Å²) in [6.45, 7) is 20.6. The van der Waals surface area contributed by atoms with Crippen LogP contribution in [0.4, 0.5) is 0 Å². The number of hydrogen-bond donors (Lipinski definition) is 2. The molecule has 1 amide bonds. The second kappa shape index (κ2) is 9.15. The topological polar surface area (TPSA) is 67.4 Å². The molecule has 0 fully saturated rings. The Hall–Kier alpha value is -0.666. The van der Waals surface area contributed by atoms with E-state index in [-0.39, 0.29) is 23.8 Å².